The summed E-state index contributed by atoms with van der Waals surface area (Å²) in [6, 6.07) is 5.09. The van der Waals surface area contributed by atoms with Crippen LogP contribution in [0.1, 0.15) is 6.42 Å². The minimum absolute atomic E-state index is 0.00857. The number of benzene rings is 1. The number of sulfonamides is 1. The summed E-state index contributed by atoms with van der Waals surface area (Å²) in [5, 5.41) is 11.4. The second kappa shape index (κ2) is 9.31. The molecule has 0 saturated heterocycles. The third kappa shape index (κ3) is 5.83. The van der Waals surface area contributed by atoms with Crippen LogP contribution in [0.4, 0.5) is 5.88 Å². The molecular weight excluding hydrogens is 482 g/mol. The Bertz CT molecular complexity index is 932. The third-order valence-electron chi connectivity index (χ3n) is 3.70. The molecule has 0 spiro atoms. The van der Waals surface area contributed by atoms with Crippen LogP contribution in [-0.2, 0) is 10.0 Å². The summed E-state index contributed by atoms with van der Waals surface area (Å²) in [5.41, 5.74) is 0.348. The van der Waals surface area contributed by atoms with Gasteiger partial charge in [0.05, 0.1) is 20.0 Å². The molecule has 2 N–H and O–H groups in total. The fraction of sp³-hybridized carbons (Fsp3) is 0.444. The van der Waals surface area contributed by atoms with Crippen molar-refractivity contribution >= 4 is 40.2 Å². The van der Waals surface area contributed by atoms with Crippen molar-refractivity contribution in [3.05, 3.63) is 18.2 Å². The highest BCUT2D eigenvalue weighted by Gasteiger charge is 2.32. The molecule has 11 heteroatoms. The van der Waals surface area contributed by atoms with E-state index in [1.165, 1.54) is 14.2 Å². The van der Waals surface area contributed by atoms with E-state index >= 15 is 0 Å². The van der Waals surface area contributed by atoms with Crippen molar-refractivity contribution < 1.29 is 31.8 Å². The summed E-state index contributed by atoms with van der Waals surface area (Å²) >= 11 is 3.22. The first kappa shape index (κ1) is 23.4. The van der Waals surface area contributed by atoms with Gasteiger partial charge in [0.1, 0.15) is 17.1 Å². The summed E-state index contributed by atoms with van der Waals surface area (Å²) in [7, 11) is -2.97. The maximum atomic E-state index is 12.4. The molecule has 1 heterocycles. The first-order chi connectivity index (χ1) is 13.5. The quantitative estimate of drug-likeness (QED) is 0.362. The van der Waals surface area contributed by atoms with E-state index in [9.17, 15) is 13.5 Å². The number of aromatic hydroxyl groups is 1. The van der Waals surface area contributed by atoms with Crippen LogP contribution in [-0.4, -0.2) is 47.1 Å². The van der Waals surface area contributed by atoms with E-state index in [1.54, 1.807) is 18.2 Å². The normalized spacial score (nSPS) is 11.9. The molecule has 162 valence electrons. The number of anilines is 1. The molecule has 8 nitrogen and oxygen atoms in total. The molecule has 0 saturated carbocycles. The molecule has 0 aliphatic rings. The van der Waals surface area contributed by atoms with Gasteiger partial charge in [0.25, 0.3) is 5.88 Å². The van der Waals surface area contributed by atoms with E-state index < -0.39 is 18.3 Å². The van der Waals surface area contributed by atoms with Crippen molar-refractivity contribution in [2.24, 2.45) is 0 Å². The average molecular weight is 508 g/mol. The number of furan rings is 1. The van der Waals surface area contributed by atoms with Gasteiger partial charge < -0.3 is 23.4 Å². The monoisotopic (exact) mass is 507 g/mol. The molecule has 1 aromatic heterocycles. The van der Waals surface area contributed by atoms with Crippen molar-refractivity contribution in [3.8, 4) is 34.3 Å². The molecule has 0 fully saturated rings. The number of hydrogen-bond acceptors (Lipinski definition) is 7. The maximum absolute atomic E-state index is 12.4. The van der Waals surface area contributed by atoms with E-state index in [4.69, 9.17) is 18.3 Å². The number of ether oxygens (including phenoxy) is 2. The van der Waals surface area contributed by atoms with E-state index in [0.29, 0.717) is 28.8 Å². The van der Waals surface area contributed by atoms with Crippen LogP contribution >= 0.6 is 15.9 Å². The standard InChI is InChI=1S/C18H26BrNO7SSi/c1-24-12-8-6-9-13(25-2)14(12)16-15(21)17(27-29(3,4)5)18(26-16)20-28(22,23)11-7-10-19/h6,8-9,20-21H,7,10-11H2,1-5H3. The molecular formula is C18H26BrNO7SSi. The Balaban J connectivity index is 2.65. The summed E-state index contributed by atoms with van der Waals surface area (Å²) < 4.78 is 49.7. The molecule has 0 aliphatic heterocycles. The number of methoxy groups -OCH3 is 2. The van der Waals surface area contributed by atoms with Gasteiger partial charge in [-0.15, -0.1) is 0 Å². The van der Waals surface area contributed by atoms with Crippen LogP contribution < -0.4 is 18.6 Å². The predicted octanol–water partition coefficient (Wildman–Crippen LogP) is 4.41. The maximum Gasteiger partial charge on any atom is 0.252 e. The number of halogens is 1. The van der Waals surface area contributed by atoms with Gasteiger partial charge in [0.2, 0.25) is 29.8 Å². The zero-order valence-corrected chi connectivity index (χ0v) is 20.4. The SMILES string of the molecule is COc1cccc(OC)c1-c1oc(NS(=O)(=O)CCCBr)c(O[Si](C)(C)C)c1O. The minimum atomic E-state index is -3.70. The number of hydrogen-bond donors (Lipinski definition) is 2. The minimum Gasteiger partial charge on any atom is -0.538 e. The average Bonchev–Trinajstić information content (AvgIpc) is 2.92. The molecule has 0 amide bonds. The molecule has 0 radical (unpaired) electrons. The van der Waals surface area contributed by atoms with E-state index in [2.05, 4.69) is 20.7 Å². The van der Waals surface area contributed by atoms with Gasteiger partial charge in [-0.25, -0.2) is 13.1 Å². The number of alkyl halides is 1. The lowest BCUT2D eigenvalue weighted by Crippen LogP contribution is -2.29. The van der Waals surface area contributed by atoms with Crippen molar-refractivity contribution in [2.75, 3.05) is 30.0 Å². The van der Waals surface area contributed by atoms with Crippen LogP contribution in [0, 0.1) is 0 Å². The van der Waals surface area contributed by atoms with Gasteiger partial charge >= 0.3 is 0 Å². The van der Waals surface area contributed by atoms with E-state index in [-0.39, 0.29) is 28.9 Å². The van der Waals surface area contributed by atoms with Gasteiger partial charge in [-0.05, 0) is 38.2 Å². The zero-order valence-electron chi connectivity index (χ0n) is 17.0. The fourth-order valence-electron chi connectivity index (χ4n) is 2.56. The Morgan fingerprint density at radius 1 is 1.17 bits per heavy atom. The lowest BCUT2D eigenvalue weighted by atomic mass is 10.1. The summed E-state index contributed by atoms with van der Waals surface area (Å²) in [6.07, 6.45) is 0.416. The van der Waals surface area contributed by atoms with Gasteiger partial charge in [-0.2, -0.15) is 0 Å². The Labute approximate surface area is 180 Å². The van der Waals surface area contributed by atoms with Crippen LogP contribution in [0.15, 0.2) is 22.6 Å². The van der Waals surface area contributed by atoms with Gasteiger partial charge in [-0.3, -0.25) is 0 Å². The van der Waals surface area contributed by atoms with Crippen molar-refractivity contribution in [2.45, 2.75) is 26.1 Å². The van der Waals surface area contributed by atoms with E-state index in [1.807, 2.05) is 19.6 Å². The summed E-state index contributed by atoms with van der Waals surface area (Å²) in [5.74, 6) is 0.110. The first-order valence-corrected chi connectivity index (χ1v) is 15.0. The topological polar surface area (TPSA) is 107 Å². The molecule has 0 aliphatic carbocycles. The summed E-state index contributed by atoms with van der Waals surface area (Å²) in [6.45, 7) is 5.73. The lowest BCUT2D eigenvalue weighted by molar-refractivity contribution is 0.392. The Morgan fingerprint density at radius 2 is 1.76 bits per heavy atom. The third-order valence-corrected chi connectivity index (χ3v) is 6.40. The van der Waals surface area contributed by atoms with Crippen molar-refractivity contribution in [3.63, 3.8) is 0 Å². The van der Waals surface area contributed by atoms with Gasteiger partial charge in [-0.1, -0.05) is 22.0 Å². The molecule has 0 atom stereocenters. The van der Waals surface area contributed by atoms with Gasteiger partial charge in [0.15, 0.2) is 5.76 Å². The second-order valence-corrected chi connectivity index (χ2v) is 14.2. The first-order valence-electron chi connectivity index (χ1n) is 8.85. The second-order valence-electron chi connectivity index (χ2n) is 7.15. The highest BCUT2D eigenvalue weighted by molar-refractivity contribution is 9.09. The van der Waals surface area contributed by atoms with E-state index in [0.717, 1.165) is 0 Å². The van der Waals surface area contributed by atoms with Crippen LogP contribution in [0.25, 0.3) is 11.3 Å². The predicted molar refractivity (Wildman–Crippen MR) is 119 cm³/mol. The Kier molecular flexibility index (Phi) is 7.52. The zero-order chi connectivity index (χ0) is 21.8. The Hall–Kier alpha value is -1.85. The fourth-order valence-corrected chi connectivity index (χ4v) is 5.05. The summed E-state index contributed by atoms with van der Waals surface area (Å²) in [4.78, 5) is 0. The van der Waals surface area contributed by atoms with Crippen LogP contribution in [0.5, 0.6) is 23.0 Å². The highest BCUT2D eigenvalue weighted by atomic mass is 79.9. The molecule has 29 heavy (non-hydrogen) atoms. The molecule has 2 rings (SSSR count). The van der Waals surface area contributed by atoms with Crippen LogP contribution in [0.2, 0.25) is 19.6 Å². The van der Waals surface area contributed by atoms with Crippen molar-refractivity contribution in [1.82, 2.24) is 0 Å². The van der Waals surface area contributed by atoms with Crippen LogP contribution in [0.3, 0.4) is 0 Å². The molecule has 2 aromatic rings. The van der Waals surface area contributed by atoms with Gasteiger partial charge in [0, 0.05) is 5.33 Å². The lowest BCUT2D eigenvalue weighted by Gasteiger charge is -2.19. The molecule has 0 bridgehead atoms. The smallest absolute Gasteiger partial charge is 0.252 e. The number of nitrogens with one attached hydrogen (secondary N) is 1. The largest absolute Gasteiger partial charge is 0.538 e. The number of rotatable bonds is 10. The molecule has 1 aromatic carbocycles. The highest BCUT2D eigenvalue weighted by Crippen LogP contribution is 2.51. The van der Waals surface area contributed by atoms with Crippen molar-refractivity contribution in [1.29, 1.82) is 0 Å². The Morgan fingerprint density at radius 3 is 2.24 bits per heavy atom. The molecule has 0 unspecified atom stereocenters.